The van der Waals surface area contributed by atoms with E-state index in [9.17, 15) is 22.7 Å². The van der Waals surface area contributed by atoms with Crippen LogP contribution in [-0.2, 0) is 12.7 Å². The zero-order chi connectivity index (χ0) is 22.3. The molecule has 1 aromatic heterocycles. The number of aryl methyl sites for hydroxylation is 1. The number of piperazine rings is 1. The number of alkyl halides is 3. The Balaban J connectivity index is 1.53. The van der Waals surface area contributed by atoms with Gasteiger partial charge in [0.25, 0.3) is 0 Å². The predicted molar refractivity (Wildman–Crippen MR) is 114 cm³/mol. The molecule has 0 saturated carbocycles. The lowest BCUT2D eigenvalue weighted by Crippen LogP contribution is -2.52. The van der Waals surface area contributed by atoms with Crippen molar-refractivity contribution in [3.8, 4) is 5.75 Å². The zero-order valence-corrected chi connectivity index (χ0v) is 18.0. The summed E-state index contributed by atoms with van der Waals surface area (Å²) in [6.07, 6.45) is -3.84. The molecule has 0 radical (unpaired) electrons. The summed E-state index contributed by atoms with van der Waals surface area (Å²) in [6, 6.07) is 7.50. The van der Waals surface area contributed by atoms with Crippen LogP contribution in [0.5, 0.6) is 5.75 Å². The molecule has 4 nitrogen and oxygen atoms in total. The number of fused-ring (bicyclic) bond motifs is 1. The Morgan fingerprint density at radius 2 is 1.94 bits per heavy atom. The molecule has 0 aliphatic carbocycles. The number of aromatic hydroxyl groups is 1. The monoisotopic (exact) mass is 453 g/mol. The molecule has 0 amide bonds. The highest BCUT2D eigenvalue weighted by Crippen LogP contribution is 2.37. The fourth-order valence-corrected chi connectivity index (χ4v) is 5.14. The first-order valence-electron chi connectivity index (χ1n) is 10.1. The topological polar surface area (TPSA) is 39.6 Å². The van der Waals surface area contributed by atoms with Crippen LogP contribution >= 0.6 is 11.3 Å². The number of hydrogen-bond donors (Lipinski definition) is 1. The van der Waals surface area contributed by atoms with Crippen LogP contribution in [0.2, 0.25) is 0 Å². The standard InChI is InChI=1S/C22H23F4N3OS/c1-3-15-12-29(5-4-28(15)11-14-6-13(2)7-16(30)8-14)21-27-19-10-18(23)17(22(24,25)26)9-20(19)31-21/h6-10,15,30H,3-5,11-12H2,1-2H3/t15-/m1/s1. The van der Waals surface area contributed by atoms with Crippen molar-refractivity contribution in [3.05, 3.63) is 52.8 Å². The van der Waals surface area contributed by atoms with Gasteiger partial charge in [0.05, 0.1) is 15.8 Å². The molecule has 1 saturated heterocycles. The van der Waals surface area contributed by atoms with Gasteiger partial charge in [0.2, 0.25) is 0 Å². The third kappa shape index (κ3) is 4.62. The molecule has 0 spiro atoms. The number of halogens is 4. The van der Waals surface area contributed by atoms with E-state index in [1.54, 1.807) is 12.1 Å². The number of aromatic nitrogens is 1. The summed E-state index contributed by atoms with van der Waals surface area (Å²) in [5.41, 5.74) is 1.03. The summed E-state index contributed by atoms with van der Waals surface area (Å²) >= 11 is 1.16. The van der Waals surface area contributed by atoms with Crippen molar-refractivity contribution in [1.82, 2.24) is 9.88 Å². The van der Waals surface area contributed by atoms with Crippen LogP contribution in [0.4, 0.5) is 22.7 Å². The maximum absolute atomic E-state index is 13.9. The highest BCUT2D eigenvalue weighted by Gasteiger charge is 2.35. The van der Waals surface area contributed by atoms with Gasteiger partial charge in [0.1, 0.15) is 11.6 Å². The average molecular weight is 454 g/mol. The molecule has 1 fully saturated rings. The summed E-state index contributed by atoms with van der Waals surface area (Å²) in [7, 11) is 0. The van der Waals surface area contributed by atoms with E-state index >= 15 is 0 Å². The van der Waals surface area contributed by atoms with Gasteiger partial charge in [-0.25, -0.2) is 9.37 Å². The van der Waals surface area contributed by atoms with Gasteiger partial charge in [0, 0.05) is 38.3 Å². The molecule has 1 aliphatic rings. The van der Waals surface area contributed by atoms with E-state index in [4.69, 9.17) is 0 Å². The lowest BCUT2D eigenvalue weighted by Gasteiger charge is -2.41. The first-order valence-corrected chi connectivity index (χ1v) is 10.9. The van der Waals surface area contributed by atoms with Crippen molar-refractivity contribution in [2.75, 3.05) is 24.5 Å². The average Bonchev–Trinajstić information content (AvgIpc) is 3.09. The lowest BCUT2D eigenvalue weighted by molar-refractivity contribution is -0.139. The highest BCUT2D eigenvalue weighted by atomic mass is 32.1. The molecular weight excluding hydrogens is 430 g/mol. The second kappa shape index (κ2) is 8.27. The molecule has 2 heterocycles. The Bertz CT molecular complexity index is 1080. The van der Waals surface area contributed by atoms with Crippen molar-refractivity contribution in [3.63, 3.8) is 0 Å². The maximum Gasteiger partial charge on any atom is 0.419 e. The number of phenols is 1. The van der Waals surface area contributed by atoms with Gasteiger partial charge >= 0.3 is 6.18 Å². The Labute approximate surface area is 181 Å². The minimum absolute atomic E-state index is 0.228. The number of hydrogen-bond acceptors (Lipinski definition) is 5. The molecule has 0 unspecified atom stereocenters. The summed E-state index contributed by atoms with van der Waals surface area (Å²) in [6.45, 7) is 6.86. The molecule has 1 N–H and O–H groups in total. The molecule has 1 atom stereocenters. The molecule has 0 bridgehead atoms. The maximum atomic E-state index is 13.9. The van der Waals surface area contributed by atoms with Gasteiger partial charge in [-0.05, 0) is 42.7 Å². The fourth-order valence-electron chi connectivity index (χ4n) is 4.12. The van der Waals surface area contributed by atoms with Gasteiger partial charge in [-0.15, -0.1) is 0 Å². The second-order valence-corrected chi connectivity index (χ2v) is 8.96. The smallest absolute Gasteiger partial charge is 0.419 e. The SMILES string of the molecule is CC[C@@H]1CN(c2nc3cc(F)c(C(F)(F)F)cc3s2)CCN1Cc1cc(C)cc(O)c1. The number of benzene rings is 2. The van der Waals surface area contributed by atoms with Crippen molar-refractivity contribution in [2.45, 2.75) is 39.0 Å². The van der Waals surface area contributed by atoms with Gasteiger partial charge in [-0.1, -0.05) is 24.3 Å². The van der Waals surface area contributed by atoms with Crippen LogP contribution in [-0.4, -0.2) is 40.7 Å². The van der Waals surface area contributed by atoms with E-state index in [2.05, 4.69) is 27.8 Å². The van der Waals surface area contributed by atoms with Crippen LogP contribution in [0.1, 0.15) is 30.0 Å². The van der Waals surface area contributed by atoms with Gasteiger partial charge in [-0.2, -0.15) is 13.2 Å². The van der Waals surface area contributed by atoms with Crippen LogP contribution < -0.4 is 4.90 Å². The second-order valence-electron chi connectivity index (χ2n) is 7.95. The Morgan fingerprint density at radius 1 is 1.16 bits per heavy atom. The molecule has 2 aromatic carbocycles. The molecule has 166 valence electrons. The van der Waals surface area contributed by atoms with E-state index in [1.807, 2.05) is 6.92 Å². The molecule has 9 heteroatoms. The summed E-state index contributed by atoms with van der Waals surface area (Å²) in [4.78, 5) is 8.82. The molecule has 31 heavy (non-hydrogen) atoms. The van der Waals surface area contributed by atoms with E-state index in [0.29, 0.717) is 29.5 Å². The first-order chi connectivity index (χ1) is 14.6. The zero-order valence-electron chi connectivity index (χ0n) is 17.2. The predicted octanol–water partition coefficient (Wildman–Crippen LogP) is 5.57. The summed E-state index contributed by atoms with van der Waals surface area (Å²) < 4.78 is 53.3. The van der Waals surface area contributed by atoms with Gasteiger partial charge < -0.3 is 10.0 Å². The third-order valence-corrected chi connectivity index (χ3v) is 6.70. The fraction of sp³-hybridized carbons (Fsp3) is 0.409. The Kier molecular flexibility index (Phi) is 5.83. The van der Waals surface area contributed by atoms with Gasteiger partial charge in [0.15, 0.2) is 5.13 Å². The molecule has 4 rings (SSSR count). The normalized spacial score (nSPS) is 18.1. The van der Waals surface area contributed by atoms with Crippen molar-refractivity contribution in [2.24, 2.45) is 0 Å². The van der Waals surface area contributed by atoms with E-state index in [-0.39, 0.29) is 17.3 Å². The minimum atomic E-state index is -4.73. The van der Waals surface area contributed by atoms with E-state index in [0.717, 1.165) is 47.6 Å². The highest BCUT2D eigenvalue weighted by molar-refractivity contribution is 7.22. The lowest BCUT2D eigenvalue weighted by atomic mass is 10.1. The first kappa shape index (κ1) is 21.8. The molecule has 1 aliphatic heterocycles. The molecular formula is C22H23F4N3OS. The van der Waals surface area contributed by atoms with Crippen LogP contribution in [0, 0.1) is 12.7 Å². The Morgan fingerprint density at radius 3 is 2.61 bits per heavy atom. The Hall–Kier alpha value is -2.39. The minimum Gasteiger partial charge on any atom is -0.508 e. The van der Waals surface area contributed by atoms with E-state index < -0.39 is 17.6 Å². The quantitative estimate of drug-likeness (QED) is 0.525. The van der Waals surface area contributed by atoms with Gasteiger partial charge in [-0.3, -0.25) is 4.90 Å². The van der Waals surface area contributed by atoms with Crippen molar-refractivity contribution in [1.29, 1.82) is 0 Å². The third-order valence-electron chi connectivity index (χ3n) is 5.63. The largest absolute Gasteiger partial charge is 0.508 e. The van der Waals surface area contributed by atoms with Crippen LogP contribution in [0.25, 0.3) is 10.2 Å². The van der Waals surface area contributed by atoms with Crippen LogP contribution in [0.15, 0.2) is 30.3 Å². The number of phenolic OH excluding ortho intramolecular Hbond substituents is 1. The summed E-state index contributed by atoms with van der Waals surface area (Å²) in [5, 5.41) is 10.5. The van der Waals surface area contributed by atoms with E-state index in [1.165, 1.54) is 0 Å². The summed E-state index contributed by atoms with van der Waals surface area (Å²) in [5.74, 6) is -1.05. The van der Waals surface area contributed by atoms with Crippen LogP contribution in [0.3, 0.4) is 0 Å². The number of anilines is 1. The van der Waals surface area contributed by atoms with Crippen molar-refractivity contribution < 1.29 is 22.7 Å². The van der Waals surface area contributed by atoms with Crippen molar-refractivity contribution >= 4 is 26.7 Å². The number of thiazole rings is 1. The molecule has 3 aromatic rings. The number of rotatable bonds is 4. The number of nitrogens with zero attached hydrogens (tertiary/aromatic N) is 3.